The maximum atomic E-state index is 2.49. The number of hydrogen-bond acceptors (Lipinski definition) is 1. The van der Waals surface area contributed by atoms with E-state index in [4.69, 9.17) is 0 Å². The van der Waals surface area contributed by atoms with Crippen molar-refractivity contribution in [2.45, 2.75) is 64.2 Å². The molecule has 0 atom stereocenters. The molecule has 0 saturated carbocycles. The summed E-state index contributed by atoms with van der Waals surface area (Å²) >= 11 is 0. The summed E-state index contributed by atoms with van der Waals surface area (Å²) in [4.78, 5) is 2.49. The van der Waals surface area contributed by atoms with Gasteiger partial charge in [-0.3, -0.25) is 0 Å². The van der Waals surface area contributed by atoms with Crippen LogP contribution in [0.4, 0.5) is 17.1 Å². The number of fused-ring (bicyclic) bond motifs is 8. The minimum Gasteiger partial charge on any atom is -0.310 e. The Morgan fingerprint density at radius 1 is 0.327 bits per heavy atom. The molecule has 0 aromatic heterocycles. The van der Waals surface area contributed by atoms with Crippen LogP contribution in [0.25, 0.3) is 54.9 Å². The first kappa shape index (κ1) is 33.6. The first-order chi connectivity index (χ1) is 27.0. The lowest BCUT2D eigenvalue weighted by Gasteiger charge is -2.31. The summed E-state index contributed by atoms with van der Waals surface area (Å²) < 4.78 is 0. The average molecular weight is 710 g/mol. The average Bonchev–Trinajstić information content (AvgIpc) is 3.69. The summed E-state index contributed by atoms with van der Waals surface area (Å²) in [6.45, 7) is 9.43. The predicted molar refractivity (Wildman–Crippen MR) is 235 cm³/mol. The van der Waals surface area contributed by atoms with Crippen LogP contribution in [0.3, 0.4) is 0 Å². The second-order valence-corrected chi connectivity index (χ2v) is 15.8. The van der Waals surface area contributed by atoms with Gasteiger partial charge >= 0.3 is 0 Å². The molecule has 0 bridgehead atoms. The first-order valence-electron chi connectivity index (χ1n) is 20.3. The van der Waals surface area contributed by atoms with Crippen LogP contribution in [0.2, 0.25) is 0 Å². The van der Waals surface area contributed by atoms with Gasteiger partial charge < -0.3 is 4.90 Å². The molecule has 2 aliphatic carbocycles. The van der Waals surface area contributed by atoms with Gasteiger partial charge in [-0.1, -0.05) is 137 Å². The number of rotatable bonds is 8. The van der Waals surface area contributed by atoms with Crippen LogP contribution in [-0.2, 0) is 10.8 Å². The molecular formula is C54H47N. The predicted octanol–water partition coefficient (Wildman–Crippen LogP) is 15.3. The Balaban J connectivity index is 1.16. The number of anilines is 3. The van der Waals surface area contributed by atoms with Crippen LogP contribution < -0.4 is 4.90 Å². The summed E-state index contributed by atoms with van der Waals surface area (Å²) in [6.07, 6.45) is 4.31. The quantitative estimate of drug-likeness (QED) is 0.152. The third-order valence-corrected chi connectivity index (χ3v) is 13.6. The van der Waals surface area contributed by atoms with Gasteiger partial charge in [-0.2, -0.15) is 0 Å². The normalized spacial score (nSPS) is 14.4. The van der Waals surface area contributed by atoms with Gasteiger partial charge in [-0.15, -0.1) is 0 Å². The van der Waals surface area contributed by atoms with Gasteiger partial charge in [0.25, 0.3) is 0 Å². The van der Waals surface area contributed by atoms with E-state index in [9.17, 15) is 0 Å². The Morgan fingerprint density at radius 3 is 1.42 bits per heavy atom. The third kappa shape index (κ3) is 4.92. The molecule has 0 unspecified atom stereocenters. The molecular weight excluding hydrogens is 663 g/mol. The van der Waals surface area contributed by atoms with Crippen molar-refractivity contribution >= 4 is 38.6 Å². The zero-order valence-corrected chi connectivity index (χ0v) is 32.4. The van der Waals surface area contributed by atoms with Gasteiger partial charge in [-0.25, -0.2) is 0 Å². The molecule has 10 rings (SSSR count). The summed E-state index contributed by atoms with van der Waals surface area (Å²) in [6, 6.07) is 62.1. The van der Waals surface area contributed by atoms with E-state index in [1.807, 2.05) is 0 Å². The van der Waals surface area contributed by atoms with Crippen LogP contribution in [0, 0.1) is 0 Å². The Labute approximate surface area is 325 Å². The lowest BCUT2D eigenvalue weighted by atomic mass is 9.73. The van der Waals surface area contributed by atoms with E-state index in [-0.39, 0.29) is 10.8 Å². The molecule has 0 heterocycles. The van der Waals surface area contributed by atoms with Gasteiger partial charge in [0.05, 0.1) is 0 Å². The molecule has 0 amide bonds. The molecule has 0 radical (unpaired) electrons. The lowest BCUT2D eigenvalue weighted by molar-refractivity contribution is 0.490. The largest absolute Gasteiger partial charge is 0.310 e. The molecule has 0 saturated heterocycles. The zero-order valence-electron chi connectivity index (χ0n) is 32.4. The maximum Gasteiger partial charge on any atom is 0.0468 e. The van der Waals surface area contributed by atoms with Crippen molar-refractivity contribution in [3.05, 3.63) is 186 Å². The van der Waals surface area contributed by atoms with Crippen LogP contribution in [0.1, 0.15) is 75.6 Å². The Kier molecular flexibility index (Phi) is 7.86. The molecule has 0 aliphatic heterocycles. The minimum atomic E-state index is 0.000474. The van der Waals surface area contributed by atoms with Crippen molar-refractivity contribution in [2.24, 2.45) is 0 Å². The van der Waals surface area contributed by atoms with E-state index < -0.39 is 0 Å². The van der Waals surface area contributed by atoms with Crippen molar-refractivity contribution in [3.8, 4) is 33.4 Å². The Morgan fingerprint density at radius 2 is 0.782 bits per heavy atom. The smallest absolute Gasteiger partial charge is 0.0468 e. The lowest BCUT2D eigenvalue weighted by Crippen LogP contribution is -2.23. The number of hydrogen-bond donors (Lipinski definition) is 0. The second-order valence-electron chi connectivity index (χ2n) is 15.8. The summed E-state index contributed by atoms with van der Waals surface area (Å²) in [5.74, 6) is 0. The zero-order chi connectivity index (χ0) is 37.3. The second kappa shape index (κ2) is 12.8. The standard InChI is InChI=1S/C54H47N/c1-5-53(6-2)49-20-14-13-19-45(49)47-34-43(27-29-50(47)53)55(42-25-23-37(24-26-42)41-22-21-36-15-9-10-16-38(36)31-41)44-28-30-51-48(35-44)46-32-39-17-11-12-18-40(39)33-52(46)54(51,7-3)8-4/h9-35H,5-8H2,1-4H3. The fraction of sp³-hybridized carbons (Fsp3) is 0.185. The molecule has 1 nitrogen and oxygen atoms in total. The van der Waals surface area contributed by atoms with Gasteiger partial charge in [0.2, 0.25) is 0 Å². The number of benzene rings is 8. The SMILES string of the molecule is CCC1(CC)c2ccccc2-c2cc(N(c3ccc(-c4ccc5ccccc5c4)cc3)c3ccc4c(c3)-c3cc5ccccc5cc3C4(CC)CC)ccc21. The highest BCUT2D eigenvalue weighted by Crippen LogP contribution is 2.57. The van der Waals surface area contributed by atoms with Crippen LogP contribution in [-0.4, -0.2) is 0 Å². The minimum absolute atomic E-state index is 0.000474. The summed E-state index contributed by atoms with van der Waals surface area (Å²) in [5, 5.41) is 5.15. The fourth-order valence-electron chi connectivity index (χ4n) is 10.6. The summed E-state index contributed by atoms with van der Waals surface area (Å²) in [7, 11) is 0. The molecule has 8 aromatic rings. The van der Waals surface area contributed by atoms with E-state index in [0.717, 1.165) is 31.4 Å². The maximum absolute atomic E-state index is 2.49. The first-order valence-corrected chi connectivity index (χ1v) is 20.3. The molecule has 0 N–H and O–H groups in total. The highest BCUT2D eigenvalue weighted by molar-refractivity contribution is 5.96. The van der Waals surface area contributed by atoms with E-state index in [1.165, 1.54) is 88.6 Å². The molecule has 0 spiro atoms. The van der Waals surface area contributed by atoms with Crippen LogP contribution in [0.5, 0.6) is 0 Å². The molecule has 2 aliphatic rings. The Hall–Kier alpha value is -5.92. The van der Waals surface area contributed by atoms with Crippen molar-refractivity contribution in [2.75, 3.05) is 4.90 Å². The topological polar surface area (TPSA) is 3.24 Å². The van der Waals surface area contributed by atoms with Gasteiger partial charge in [0, 0.05) is 27.9 Å². The van der Waals surface area contributed by atoms with E-state index in [2.05, 4.69) is 196 Å². The molecule has 0 fully saturated rings. The monoisotopic (exact) mass is 709 g/mol. The van der Waals surface area contributed by atoms with E-state index >= 15 is 0 Å². The molecule has 8 aromatic carbocycles. The van der Waals surface area contributed by atoms with Gasteiger partial charge in [-0.05, 0) is 157 Å². The summed E-state index contributed by atoms with van der Waals surface area (Å²) in [5.41, 5.74) is 17.4. The fourth-order valence-corrected chi connectivity index (χ4v) is 10.6. The molecule has 55 heavy (non-hydrogen) atoms. The highest BCUT2D eigenvalue weighted by atomic mass is 15.1. The van der Waals surface area contributed by atoms with Crippen molar-refractivity contribution in [1.29, 1.82) is 0 Å². The third-order valence-electron chi connectivity index (χ3n) is 13.6. The van der Waals surface area contributed by atoms with Crippen molar-refractivity contribution in [3.63, 3.8) is 0 Å². The number of nitrogens with zero attached hydrogens (tertiary/aromatic N) is 1. The molecule has 268 valence electrons. The van der Waals surface area contributed by atoms with Gasteiger partial charge in [0.1, 0.15) is 0 Å². The van der Waals surface area contributed by atoms with Gasteiger partial charge in [0.15, 0.2) is 0 Å². The van der Waals surface area contributed by atoms with Crippen molar-refractivity contribution in [1.82, 2.24) is 0 Å². The molecule has 1 heteroatoms. The Bertz CT molecular complexity index is 2760. The van der Waals surface area contributed by atoms with Crippen LogP contribution >= 0.6 is 0 Å². The van der Waals surface area contributed by atoms with Crippen molar-refractivity contribution < 1.29 is 0 Å². The van der Waals surface area contributed by atoms with Crippen LogP contribution in [0.15, 0.2) is 164 Å². The van der Waals surface area contributed by atoms with E-state index in [0.29, 0.717) is 0 Å². The highest BCUT2D eigenvalue weighted by Gasteiger charge is 2.42. The van der Waals surface area contributed by atoms with E-state index in [1.54, 1.807) is 0 Å².